The number of aromatic nitrogens is 3. The van der Waals surface area contributed by atoms with Crippen molar-refractivity contribution in [2.24, 2.45) is 0 Å². The highest BCUT2D eigenvalue weighted by atomic mass is 79.9. The van der Waals surface area contributed by atoms with E-state index >= 15 is 0 Å². The van der Waals surface area contributed by atoms with Crippen molar-refractivity contribution in [3.05, 3.63) is 70.8 Å². The first-order chi connectivity index (χ1) is 15.9. The summed E-state index contributed by atoms with van der Waals surface area (Å²) in [5.74, 6) is -0.883. The number of ether oxygens (including phenoxy) is 1. The number of benzene rings is 2. The van der Waals surface area contributed by atoms with Crippen molar-refractivity contribution in [2.45, 2.75) is 6.92 Å². The minimum absolute atomic E-state index is 0.0437. The highest BCUT2D eigenvalue weighted by Gasteiger charge is 2.22. The number of nitrogen functional groups attached to an aromatic ring is 1. The standard InChI is InChI=1S/C22H18BrFN6O3/c1-2-33-21(31)15-10-30-19(20(25)26-11-27-30)18(15)12-3-6-14(7-4-12)28-22(32)29-17-8-5-13(23)9-16(17)24/h3-11H,2H2,1H3,(H2,25,26,27)(H2,28,29,32). The minimum Gasteiger partial charge on any atom is -0.462 e. The predicted octanol–water partition coefficient (Wildman–Crippen LogP) is 4.70. The molecule has 0 radical (unpaired) electrons. The van der Waals surface area contributed by atoms with Gasteiger partial charge < -0.3 is 21.1 Å². The molecule has 4 rings (SSSR count). The first-order valence-electron chi connectivity index (χ1n) is 9.79. The lowest BCUT2D eigenvalue weighted by Crippen LogP contribution is -2.20. The number of halogens is 2. The van der Waals surface area contributed by atoms with Gasteiger partial charge >= 0.3 is 12.0 Å². The number of esters is 1. The van der Waals surface area contributed by atoms with Crippen molar-refractivity contribution in [3.63, 3.8) is 0 Å². The Morgan fingerprint density at radius 1 is 1.18 bits per heavy atom. The number of carbonyl (C=O) groups excluding carboxylic acids is 2. The van der Waals surface area contributed by atoms with Crippen LogP contribution >= 0.6 is 15.9 Å². The number of nitrogens with two attached hydrogens (primary N) is 1. The maximum atomic E-state index is 13.9. The van der Waals surface area contributed by atoms with Crippen LogP contribution in [0.3, 0.4) is 0 Å². The number of fused-ring (bicyclic) bond motifs is 1. The summed E-state index contributed by atoms with van der Waals surface area (Å²) in [6.45, 7) is 1.93. The SMILES string of the molecule is CCOC(=O)c1cn2ncnc(N)c2c1-c1ccc(NC(=O)Nc2ccc(Br)cc2F)cc1. The van der Waals surface area contributed by atoms with E-state index in [1.54, 1.807) is 37.3 Å². The number of nitrogens with zero attached hydrogens (tertiary/aromatic N) is 3. The third-order valence-electron chi connectivity index (χ3n) is 4.71. The molecule has 0 aliphatic rings. The third-order valence-corrected chi connectivity index (χ3v) is 5.20. The van der Waals surface area contributed by atoms with Crippen LogP contribution in [0, 0.1) is 5.82 Å². The monoisotopic (exact) mass is 512 g/mol. The van der Waals surface area contributed by atoms with E-state index < -0.39 is 17.8 Å². The van der Waals surface area contributed by atoms with Gasteiger partial charge in [-0.15, -0.1) is 0 Å². The van der Waals surface area contributed by atoms with E-state index in [0.717, 1.165) is 0 Å². The summed E-state index contributed by atoms with van der Waals surface area (Å²) in [6, 6.07) is 10.4. The Hall–Kier alpha value is -3.99. The highest BCUT2D eigenvalue weighted by molar-refractivity contribution is 9.10. The van der Waals surface area contributed by atoms with Gasteiger partial charge in [-0.05, 0) is 42.8 Å². The zero-order chi connectivity index (χ0) is 23.5. The maximum absolute atomic E-state index is 13.9. The van der Waals surface area contributed by atoms with Crippen LogP contribution in [0.5, 0.6) is 0 Å². The highest BCUT2D eigenvalue weighted by Crippen LogP contribution is 2.33. The van der Waals surface area contributed by atoms with Gasteiger partial charge in [0.05, 0.1) is 17.9 Å². The number of hydrogen-bond acceptors (Lipinski definition) is 6. The number of anilines is 3. The van der Waals surface area contributed by atoms with Crippen molar-refractivity contribution in [1.29, 1.82) is 0 Å². The molecule has 0 aliphatic heterocycles. The molecule has 0 saturated heterocycles. The Balaban J connectivity index is 1.61. The third kappa shape index (κ3) is 4.62. The maximum Gasteiger partial charge on any atom is 0.340 e. The molecule has 2 aromatic heterocycles. The summed E-state index contributed by atoms with van der Waals surface area (Å²) in [6.07, 6.45) is 2.83. The van der Waals surface area contributed by atoms with E-state index in [1.165, 1.54) is 29.2 Å². The summed E-state index contributed by atoms with van der Waals surface area (Å²) >= 11 is 3.17. The Bertz CT molecular complexity index is 1360. The van der Waals surface area contributed by atoms with Crippen LogP contribution in [0.4, 0.5) is 26.4 Å². The van der Waals surface area contributed by atoms with Crippen molar-refractivity contribution in [3.8, 4) is 11.1 Å². The van der Waals surface area contributed by atoms with E-state index in [9.17, 15) is 14.0 Å². The van der Waals surface area contributed by atoms with E-state index in [1.807, 2.05) is 0 Å². The molecule has 4 N–H and O–H groups in total. The zero-order valence-electron chi connectivity index (χ0n) is 17.3. The van der Waals surface area contributed by atoms with Gasteiger partial charge in [0.25, 0.3) is 0 Å². The van der Waals surface area contributed by atoms with Gasteiger partial charge in [0.2, 0.25) is 0 Å². The topological polar surface area (TPSA) is 124 Å². The van der Waals surface area contributed by atoms with Crippen LogP contribution in [0.15, 0.2) is 59.5 Å². The Morgan fingerprint density at radius 2 is 1.94 bits per heavy atom. The summed E-state index contributed by atoms with van der Waals surface area (Å²) in [7, 11) is 0. The molecule has 4 aromatic rings. The van der Waals surface area contributed by atoms with Crippen molar-refractivity contribution >= 4 is 50.6 Å². The van der Waals surface area contributed by atoms with E-state index in [4.69, 9.17) is 10.5 Å². The average Bonchev–Trinajstić information content (AvgIpc) is 3.18. The van der Waals surface area contributed by atoms with Crippen LogP contribution in [0.2, 0.25) is 0 Å². The zero-order valence-corrected chi connectivity index (χ0v) is 18.9. The largest absolute Gasteiger partial charge is 0.462 e. The van der Waals surface area contributed by atoms with E-state index in [0.29, 0.717) is 26.8 Å². The molecule has 0 saturated carbocycles. The lowest BCUT2D eigenvalue weighted by molar-refractivity contribution is 0.0527. The molecule has 2 amide bonds. The summed E-state index contributed by atoms with van der Waals surface area (Å²) < 4.78 is 21.1. The molecule has 0 bridgehead atoms. The van der Waals surface area contributed by atoms with Crippen LogP contribution in [0.1, 0.15) is 17.3 Å². The Kier molecular flexibility index (Phi) is 6.22. The summed E-state index contributed by atoms with van der Waals surface area (Å²) in [4.78, 5) is 28.8. The van der Waals surface area contributed by atoms with Gasteiger partial charge in [0, 0.05) is 21.9 Å². The average molecular weight is 513 g/mol. The molecule has 2 aromatic carbocycles. The molecule has 2 heterocycles. The molecule has 168 valence electrons. The van der Waals surface area contributed by atoms with Gasteiger partial charge in [-0.3, -0.25) is 0 Å². The fraction of sp³-hybridized carbons (Fsp3) is 0.0909. The fourth-order valence-electron chi connectivity index (χ4n) is 3.29. The molecular weight excluding hydrogens is 495 g/mol. The molecule has 9 nitrogen and oxygen atoms in total. The quantitative estimate of drug-likeness (QED) is 0.333. The van der Waals surface area contributed by atoms with Crippen LogP contribution < -0.4 is 16.4 Å². The number of amides is 2. The molecule has 0 unspecified atom stereocenters. The second-order valence-corrected chi connectivity index (χ2v) is 7.77. The summed E-state index contributed by atoms with van der Waals surface area (Å²) in [5.41, 5.74) is 8.46. The van der Waals surface area contributed by atoms with Crippen molar-refractivity contribution in [2.75, 3.05) is 23.0 Å². The molecule has 11 heteroatoms. The van der Waals surface area contributed by atoms with E-state index in [-0.39, 0.29) is 23.7 Å². The van der Waals surface area contributed by atoms with E-state index in [2.05, 4.69) is 36.6 Å². The minimum atomic E-state index is -0.608. The van der Waals surface area contributed by atoms with Gasteiger partial charge in [-0.1, -0.05) is 28.1 Å². The molecule has 0 spiro atoms. The van der Waals surface area contributed by atoms with Crippen molar-refractivity contribution < 1.29 is 18.7 Å². The van der Waals surface area contributed by atoms with Gasteiger partial charge in [0.1, 0.15) is 17.7 Å². The molecule has 33 heavy (non-hydrogen) atoms. The number of nitrogens with one attached hydrogen (secondary N) is 2. The number of urea groups is 1. The van der Waals surface area contributed by atoms with Crippen LogP contribution in [0.25, 0.3) is 16.6 Å². The smallest absolute Gasteiger partial charge is 0.340 e. The normalized spacial score (nSPS) is 10.8. The lowest BCUT2D eigenvalue weighted by atomic mass is 10.0. The van der Waals surface area contributed by atoms with Crippen LogP contribution in [-0.2, 0) is 4.74 Å². The number of carbonyl (C=O) groups is 2. The molecule has 0 fully saturated rings. The van der Waals surface area contributed by atoms with Gasteiger partial charge in [0.15, 0.2) is 5.82 Å². The van der Waals surface area contributed by atoms with Gasteiger partial charge in [-0.25, -0.2) is 23.5 Å². The predicted molar refractivity (Wildman–Crippen MR) is 126 cm³/mol. The fourth-order valence-corrected chi connectivity index (χ4v) is 3.62. The van der Waals surface area contributed by atoms with Gasteiger partial charge in [-0.2, -0.15) is 5.10 Å². The van der Waals surface area contributed by atoms with Crippen LogP contribution in [-0.4, -0.2) is 33.2 Å². The Morgan fingerprint density at radius 3 is 2.64 bits per heavy atom. The molecule has 0 atom stereocenters. The lowest BCUT2D eigenvalue weighted by Gasteiger charge is -2.10. The second-order valence-electron chi connectivity index (χ2n) is 6.86. The second kappa shape index (κ2) is 9.25. The Labute approximate surface area is 195 Å². The molecule has 0 aliphatic carbocycles. The first kappa shape index (κ1) is 22.2. The van der Waals surface area contributed by atoms with Crippen molar-refractivity contribution in [1.82, 2.24) is 14.6 Å². The summed E-state index contributed by atoms with van der Waals surface area (Å²) in [5, 5.41) is 9.21. The number of hydrogen-bond donors (Lipinski definition) is 3. The number of rotatable bonds is 5. The first-order valence-corrected chi connectivity index (χ1v) is 10.6. The molecular formula is C22H18BrFN6O3.